The van der Waals surface area contributed by atoms with Crippen molar-refractivity contribution in [1.82, 2.24) is 4.90 Å². The van der Waals surface area contributed by atoms with E-state index in [0.29, 0.717) is 17.3 Å². The van der Waals surface area contributed by atoms with Gasteiger partial charge in [0.15, 0.2) is 0 Å². The summed E-state index contributed by atoms with van der Waals surface area (Å²) in [7, 11) is 3.57. The summed E-state index contributed by atoms with van der Waals surface area (Å²) in [4.78, 5) is 2.40. The van der Waals surface area contributed by atoms with Gasteiger partial charge in [0.05, 0.1) is 19.3 Å². The highest BCUT2D eigenvalue weighted by atomic mass is 32.1. The van der Waals surface area contributed by atoms with Gasteiger partial charge in [-0.1, -0.05) is 18.3 Å². The van der Waals surface area contributed by atoms with Crippen LogP contribution in [0, 0.1) is 0 Å². The molecule has 5 heteroatoms. The Kier molecular flexibility index (Phi) is 5.29. The number of aliphatic hydroxyl groups is 1. The van der Waals surface area contributed by atoms with Crippen LogP contribution >= 0.6 is 12.2 Å². The average Bonchev–Trinajstić information content (AvgIpc) is 2.38. The van der Waals surface area contributed by atoms with Gasteiger partial charge in [-0.2, -0.15) is 0 Å². The second kappa shape index (κ2) is 6.32. The Labute approximate surface area is 120 Å². The molecule has 1 rings (SSSR count). The van der Waals surface area contributed by atoms with Crippen molar-refractivity contribution in [3.05, 3.63) is 29.3 Å². The minimum atomic E-state index is -0.274. The highest BCUT2D eigenvalue weighted by Gasteiger charge is 2.22. The molecule has 1 aromatic carbocycles. The molecule has 3 N–H and O–H groups in total. The lowest BCUT2D eigenvalue weighted by Gasteiger charge is -2.34. The van der Waals surface area contributed by atoms with Crippen molar-refractivity contribution in [2.45, 2.75) is 25.9 Å². The monoisotopic (exact) mass is 282 g/mol. The molecule has 0 aliphatic rings. The van der Waals surface area contributed by atoms with Gasteiger partial charge < -0.3 is 15.6 Å². The summed E-state index contributed by atoms with van der Waals surface area (Å²) < 4.78 is 5.23. The van der Waals surface area contributed by atoms with Crippen molar-refractivity contribution < 1.29 is 9.84 Å². The molecule has 0 spiro atoms. The van der Waals surface area contributed by atoms with Gasteiger partial charge >= 0.3 is 0 Å². The van der Waals surface area contributed by atoms with Crippen LogP contribution in [0.3, 0.4) is 0 Å². The topological polar surface area (TPSA) is 58.7 Å². The summed E-state index contributed by atoms with van der Waals surface area (Å²) in [5.41, 5.74) is 7.24. The summed E-state index contributed by atoms with van der Waals surface area (Å²) in [5.74, 6) is 0.681. The standard InChI is InChI=1S/C14H22N2O2S/c1-14(2,9-17)16(3)8-10-5-6-12(18-4)11(7-10)13(15)19/h5-7,17H,8-9H2,1-4H3,(H2,15,19). The van der Waals surface area contributed by atoms with Crippen LogP contribution in [0.2, 0.25) is 0 Å². The maximum atomic E-state index is 9.37. The first-order valence-electron chi connectivity index (χ1n) is 6.10. The van der Waals surface area contributed by atoms with E-state index < -0.39 is 0 Å². The van der Waals surface area contributed by atoms with Crippen LogP contribution in [0.25, 0.3) is 0 Å². The van der Waals surface area contributed by atoms with Crippen molar-refractivity contribution in [2.24, 2.45) is 5.73 Å². The third-order valence-corrected chi connectivity index (χ3v) is 3.59. The van der Waals surface area contributed by atoms with E-state index in [1.54, 1.807) is 7.11 Å². The van der Waals surface area contributed by atoms with Gasteiger partial charge in [-0.3, -0.25) is 4.90 Å². The normalized spacial score (nSPS) is 11.7. The molecule has 4 nitrogen and oxygen atoms in total. The molecule has 0 aliphatic carbocycles. The molecule has 0 atom stereocenters. The fraction of sp³-hybridized carbons (Fsp3) is 0.500. The van der Waals surface area contributed by atoms with Crippen molar-refractivity contribution in [1.29, 1.82) is 0 Å². The smallest absolute Gasteiger partial charge is 0.129 e. The number of hydrogen-bond acceptors (Lipinski definition) is 4. The molecular weight excluding hydrogens is 260 g/mol. The Morgan fingerprint density at radius 1 is 1.47 bits per heavy atom. The lowest BCUT2D eigenvalue weighted by Crippen LogP contribution is -2.43. The minimum absolute atomic E-state index is 0.0990. The maximum Gasteiger partial charge on any atom is 0.129 e. The lowest BCUT2D eigenvalue weighted by atomic mass is 10.0. The van der Waals surface area contributed by atoms with Crippen molar-refractivity contribution in [3.63, 3.8) is 0 Å². The fourth-order valence-corrected chi connectivity index (χ4v) is 1.81. The minimum Gasteiger partial charge on any atom is -0.496 e. The Balaban J connectivity index is 2.97. The van der Waals surface area contributed by atoms with E-state index in [1.165, 1.54) is 0 Å². The predicted octanol–water partition coefficient (Wildman–Crippen LogP) is 1.53. The van der Waals surface area contributed by atoms with Crippen molar-refractivity contribution in [3.8, 4) is 5.75 Å². The van der Waals surface area contributed by atoms with Gasteiger partial charge in [-0.05, 0) is 38.6 Å². The van der Waals surface area contributed by atoms with Gasteiger partial charge in [-0.25, -0.2) is 0 Å². The largest absolute Gasteiger partial charge is 0.496 e. The van der Waals surface area contributed by atoms with Gasteiger partial charge in [0.1, 0.15) is 10.7 Å². The Hall–Kier alpha value is -1.17. The van der Waals surface area contributed by atoms with Gasteiger partial charge in [0.2, 0.25) is 0 Å². The quantitative estimate of drug-likeness (QED) is 0.775. The van der Waals surface area contributed by atoms with E-state index in [-0.39, 0.29) is 12.1 Å². The van der Waals surface area contributed by atoms with Crippen LogP contribution in [0.4, 0.5) is 0 Å². The molecule has 0 radical (unpaired) electrons. The summed E-state index contributed by atoms with van der Waals surface area (Å²) >= 11 is 5.03. The summed E-state index contributed by atoms with van der Waals surface area (Å²) in [5, 5.41) is 9.37. The molecule has 1 aromatic rings. The molecule has 0 heterocycles. The van der Waals surface area contributed by atoms with E-state index >= 15 is 0 Å². The predicted molar refractivity (Wildman–Crippen MR) is 81.5 cm³/mol. The number of benzene rings is 1. The molecular formula is C14H22N2O2S. The Bertz CT molecular complexity index is 461. The van der Waals surface area contributed by atoms with Crippen LogP contribution < -0.4 is 10.5 Å². The molecule has 0 saturated carbocycles. The van der Waals surface area contributed by atoms with Crippen LogP contribution in [-0.4, -0.2) is 41.3 Å². The van der Waals surface area contributed by atoms with Crippen LogP contribution in [0.1, 0.15) is 25.0 Å². The van der Waals surface area contributed by atoms with Crippen molar-refractivity contribution >= 4 is 17.2 Å². The first-order chi connectivity index (χ1) is 8.81. The molecule has 19 heavy (non-hydrogen) atoms. The summed E-state index contributed by atoms with van der Waals surface area (Å²) in [6.07, 6.45) is 0. The van der Waals surface area contributed by atoms with E-state index in [1.807, 2.05) is 39.1 Å². The molecule has 0 aromatic heterocycles. The second-order valence-electron chi connectivity index (χ2n) is 5.23. The SMILES string of the molecule is COc1ccc(CN(C)C(C)(C)CO)cc1C(N)=S. The zero-order valence-corrected chi connectivity index (χ0v) is 12.8. The number of methoxy groups -OCH3 is 1. The van der Waals surface area contributed by atoms with E-state index in [4.69, 9.17) is 22.7 Å². The zero-order valence-electron chi connectivity index (χ0n) is 11.9. The van der Waals surface area contributed by atoms with Gasteiger partial charge in [0.25, 0.3) is 0 Å². The first-order valence-corrected chi connectivity index (χ1v) is 6.51. The lowest BCUT2D eigenvalue weighted by molar-refractivity contribution is 0.0734. The van der Waals surface area contributed by atoms with E-state index in [2.05, 4.69) is 4.90 Å². The number of nitrogens with zero attached hydrogens (tertiary/aromatic N) is 1. The molecule has 0 unspecified atom stereocenters. The highest BCUT2D eigenvalue weighted by molar-refractivity contribution is 7.80. The molecule has 0 amide bonds. The van der Waals surface area contributed by atoms with Crippen molar-refractivity contribution in [2.75, 3.05) is 20.8 Å². The zero-order chi connectivity index (χ0) is 14.6. The number of thiocarbonyl (C=S) groups is 1. The van der Waals surface area contributed by atoms with Crippen LogP contribution in [0.5, 0.6) is 5.75 Å². The first kappa shape index (κ1) is 15.9. The molecule has 0 saturated heterocycles. The Morgan fingerprint density at radius 2 is 2.11 bits per heavy atom. The molecule has 0 bridgehead atoms. The maximum absolute atomic E-state index is 9.37. The third kappa shape index (κ3) is 3.89. The molecule has 106 valence electrons. The average molecular weight is 282 g/mol. The van der Waals surface area contributed by atoms with Gasteiger partial charge in [0, 0.05) is 12.1 Å². The van der Waals surface area contributed by atoms with E-state index in [9.17, 15) is 5.11 Å². The number of likely N-dealkylation sites (N-methyl/N-ethyl adjacent to an activating group) is 1. The molecule has 0 fully saturated rings. The highest BCUT2D eigenvalue weighted by Crippen LogP contribution is 2.22. The number of aliphatic hydroxyl groups excluding tert-OH is 1. The molecule has 0 aliphatic heterocycles. The summed E-state index contributed by atoms with van der Waals surface area (Å²) in [6, 6.07) is 5.78. The van der Waals surface area contributed by atoms with Gasteiger partial charge in [-0.15, -0.1) is 0 Å². The Morgan fingerprint density at radius 3 is 2.58 bits per heavy atom. The fourth-order valence-electron chi connectivity index (χ4n) is 1.65. The summed E-state index contributed by atoms with van der Waals surface area (Å²) in [6.45, 7) is 4.78. The number of ether oxygens (including phenoxy) is 1. The second-order valence-corrected chi connectivity index (χ2v) is 5.67. The third-order valence-electron chi connectivity index (χ3n) is 3.37. The number of rotatable bonds is 6. The number of hydrogen-bond donors (Lipinski definition) is 2. The van der Waals surface area contributed by atoms with Crippen LogP contribution in [0.15, 0.2) is 18.2 Å². The van der Waals surface area contributed by atoms with E-state index in [0.717, 1.165) is 11.1 Å². The van der Waals surface area contributed by atoms with Crippen LogP contribution in [-0.2, 0) is 6.54 Å². The number of nitrogens with two attached hydrogens (primary N) is 1.